The summed E-state index contributed by atoms with van der Waals surface area (Å²) in [6, 6.07) is 6.89. The molecule has 0 aromatic heterocycles. The van der Waals surface area contributed by atoms with Crippen molar-refractivity contribution in [3.8, 4) is 0 Å². The normalized spacial score (nSPS) is 21.0. The number of nitrogens with zero attached hydrogens (tertiary/aromatic N) is 1. The van der Waals surface area contributed by atoms with E-state index in [1.807, 2.05) is 7.05 Å². The van der Waals surface area contributed by atoms with E-state index in [1.165, 1.54) is 24.1 Å². The number of anilines is 1. The van der Waals surface area contributed by atoms with Crippen LogP contribution in [0.3, 0.4) is 0 Å². The Labute approximate surface area is 130 Å². The van der Waals surface area contributed by atoms with Gasteiger partial charge in [-0.3, -0.25) is 0 Å². The molecule has 3 nitrogen and oxygen atoms in total. The average Bonchev–Trinajstić information content (AvgIpc) is 2.47. The molecule has 0 amide bonds. The number of aliphatic hydroxyl groups is 1. The summed E-state index contributed by atoms with van der Waals surface area (Å²) < 4.78 is 1.13. The maximum Gasteiger partial charge on any atom is 0.0434 e. The molecule has 20 heavy (non-hydrogen) atoms. The van der Waals surface area contributed by atoms with Crippen molar-refractivity contribution in [2.24, 2.45) is 5.92 Å². The topological polar surface area (TPSA) is 35.5 Å². The molecule has 1 aliphatic heterocycles. The lowest BCUT2D eigenvalue weighted by Crippen LogP contribution is -2.36. The zero-order valence-corrected chi connectivity index (χ0v) is 14.0. The van der Waals surface area contributed by atoms with Gasteiger partial charge >= 0.3 is 0 Å². The number of aliphatic hydroxyl groups excluding tert-OH is 1. The quantitative estimate of drug-likeness (QED) is 0.862. The van der Waals surface area contributed by atoms with Gasteiger partial charge in [-0.2, -0.15) is 0 Å². The van der Waals surface area contributed by atoms with Gasteiger partial charge in [-0.25, -0.2) is 0 Å². The fraction of sp³-hybridized carbons (Fsp3) is 0.625. The van der Waals surface area contributed by atoms with Crippen molar-refractivity contribution in [3.63, 3.8) is 0 Å². The van der Waals surface area contributed by atoms with Crippen LogP contribution in [0.1, 0.15) is 37.8 Å². The van der Waals surface area contributed by atoms with Crippen molar-refractivity contribution < 1.29 is 5.11 Å². The monoisotopic (exact) mass is 340 g/mol. The molecule has 112 valence electrons. The number of piperidine rings is 1. The molecular weight excluding hydrogens is 316 g/mol. The first-order chi connectivity index (χ1) is 9.65. The van der Waals surface area contributed by atoms with Crippen LogP contribution in [0.2, 0.25) is 0 Å². The summed E-state index contributed by atoms with van der Waals surface area (Å²) in [5.41, 5.74) is 2.67. The maximum atomic E-state index is 9.16. The van der Waals surface area contributed by atoms with Crippen molar-refractivity contribution in [1.82, 2.24) is 5.32 Å². The first kappa shape index (κ1) is 15.8. The third-order valence-electron chi connectivity index (χ3n) is 4.29. The Balaban J connectivity index is 2.22. The fourth-order valence-corrected chi connectivity index (χ4v) is 3.40. The average molecular weight is 341 g/mol. The highest BCUT2D eigenvalue weighted by Crippen LogP contribution is 2.32. The minimum Gasteiger partial charge on any atom is -0.396 e. The van der Waals surface area contributed by atoms with Crippen LogP contribution in [-0.2, 0) is 0 Å². The molecule has 2 unspecified atom stereocenters. The predicted molar refractivity (Wildman–Crippen MR) is 88.3 cm³/mol. The van der Waals surface area contributed by atoms with E-state index in [4.69, 9.17) is 5.11 Å². The van der Waals surface area contributed by atoms with Crippen LogP contribution in [0.4, 0.5) is 5.69 Å². The fourth-order valence-electron chi connectivity index (χ4n) is 3.02. The first-order valence-corrected chi connectivity index (χ1v) is 8.27. The van der Waals surface area contributed by atoms with E-state index < -0.39 is 0 Å². The third-order valence-corrected chi connectivity index (χ3v) is 4.78. The lowest BCUT2D eigenvalue weighted by atomic mass is 9.93. The second-order valence-electron chi connectivity index (χ2n) is 5.68. The molecule has 1 fully saturated rings. The Hall–Kier alpha value is -0.580. The summed E-state index contributed by atoms with van der Waals surface area (Å²) in [4.78, 5) is 2.49. The van der Waals surface area contributed by atoms with E-state index in [0.717, 1.165) is 24.0 Å². The molecular formula is C16H25BrN2O. The Morgan fingerprint density at radius 3 is 3.00 bits per heavy atom. The van der Waals surface area contributed by atoms with Crippen molar-refractivity contribution in [1.29, 1.82) is 0 Å². The van der Waals surface area contributed by atoms with Crippen molar-refractivity contribution >= 4 is 21.6 Å². The van der Waals surface area contributed by atoms with Gasteiger partial charge in [0.1, 0.15) is 0 Å². The van der Waals surface area contributed by atoms with Crippen molar-refractivity contribution in [3.05, 3.63) is 28.2 Å². The number of hydrogen-bond donors (Lipinski definition) is 2. The molecule has 0 saturated carbocycles. The molecule has 1 aliphatic rings. The summed E-state index contributed by atoms with van der Waals surface area (Å²) >= 11 is 3.58. The second-order valence-corrected chi connectivity index (χ2v) is 6.60. The van der Waals surface area contributed by atoms with E-state index in [-0.39, 0.29) is 0 Å². The molecule has 1 heterocycles. The van der Waals surface area contributed by atoms with Gasteiger partial charge in [-0.05, 0) is 62.9 Å². The molecule has 0 aliphatic carbocycles. The molecule has 1 aromatic carbocycles. The predicted octanol–water partition coefficient (Wildman–Crippen LogP) is 3.33. The molecule has 0 spiro atoms. The van der Waals surface area contributed by atoms with Gasteiger partial charge < -0.3 is 15.3 Å². The Morgan fingerprint density at radius 1 is 1.50 bits per heavy atom. The van der Waals surface area contributed by atoms with Crippen LogP contribution in [0.25, 0.3) is 0 Å². The minimum atomic E-state index is 0.304. The van der Waals surface area contributed by atoms with Crippen LogP contribution in [0, 0.1) is 5.92 Å². The molecule has 1 saturated heterocycles. The van der Waals surface area contributed by atoms with E-state index in [0.29, 0.717) is 18.6 Å². The van der Waals surface area contributed by atoms with Crippen LogP contribution in [0.5, 0.6) is 0 Å². The van der Waals surface area contributed by atoms with Gasteiger partial charge in [0, 0.05) is 35.9 Å². The minimum absolute atomic E-state index is 0.304. The molecule has 4 heteroatoms. The number of hydrogen-bond acceptors (Lipinski definition) is 3. The van der Waals surface area contributed by atoms with E-state index in [9.17, 15) is 0 Å². The van der Waals surface area contributed by atoms with Crippen LogP contribution >= 0.6 is 15.9 Å². The molecule has 0 bridgehead atoms. The van der Waals surface area contributed by atoms with Gasteiger partial charge in [-0.15, -0.1) is 0 Å². The van der Waals surface area contributed by atoms with Gasteiger partial charge in [0.05, 0.1) is 0 Å². The first-order valence-electron chi connectivity index (χ1n) is 7.48. The van der Waals surface area contributed by atoms with E-state index in [2.05, 4.69) is 51.3 Å². The second kappa shape index (κ2) is 7.43. The molecule has 1 aromatic rings. The standard InChI is InChI=1S/C16H25BrN2O/c1-12(18-2)15-10-14(17)5-6-16(15)19-8-3-4-13(11-19)7-9-20/h5-6,10,12-13,18,20H,3-4,7-9,11H2,1-2H3. The zero-order valence-electron chi connectivity index (χ0n) is 12.4. The van der Waals surface area contributed by atoms with Crippen LogP contribution < -0.4 is 10.2 Å². The van der Waals surface area contributed by atoms with Crippen molar-refractivity contribution in [2.75, 3.05) is 31.6 Å². The summed E-state index contributed by atoms with van der Waals surface area (Å²) in [6.07, 6.45) is 3.38. The van der Waals surface area contributed by atoms with Gasteiger partial charge in [0.25, 0.3) is 0 Å². The number of rotatable bonds is 5. The number of halogens is 1. The van der Waals surface area contributed by atoms with Crippen LogP contribution in [-0.4, -0.2) is 31.9 Å². The van der Waals surface area contributed by atoms with Crippen LogP contribution in [0.15, 0.2) is 22.7 Å². The molecule has 0 radical (unpaired) electrons. The summed E-state index contributed by atoms with van der Waals surface area (Å²) in [7, 11) is 2.00. The molecule has 2 N–H and O–H groups in total. The maximum absolute atomic E-state index is 9.16. The smallest absolute Gasteiger partial charge is 0.0434 e. The van der Waals surface area contributed by atoms with Gasteiger partial charge in [0.2, 0.25) is 0 Å². The summed E-state index contributed by atoms with van der Waals surface area (Å²) in [5.74, 6) is 0.620. The molecule has 2 atom stereocenters. The Kier molecular flexibility index (Phi) is 5.87. The Morgan fingerprint density at radius 2 is 2.30 bits per heavy atom. The van der Waals surface area contributed by atoms with Crippen molar-refractivity contribution in [2.45, 2.75) is 32.2 Å². The lowest BCUT2D eigenvalue weighted by Gasteiger charge is -2.36. The highest BCUT2D eigenvalue weighted by Gasteiger charge is 2.22. The summed E-state index contributed by atoms with van der Waals surface area (Å²) in [6.45, 7) is 4.68. The Bertz CT molecular complexity index is 436. The summed E-state index contributed by atoms with van der Waals surface area (Å²) in [5, 5.41) is 12.5. The lowest BCUT2D eigenvalue weighted by molar-refractivity contribution is 0.244. The third kappa shape index (κ3) is 3.74. The largest absolute Gasteiger partial charge is 0.396 e. The number of benzene rings is 1. The highest BCUT2D eigenvalue weighted by atomic mass is 79.9. The SMILES string of the molecule is CNC(C)c1cc(Br)ccc1N1CCCC(CCO)C1. The number of nitrogens with one attached hydrogen (secondary N) is 1. The zero-order chi connectivity index (χ0) is 14.5. The van der Waals surface area contributed by atoms with Gasteiger partial charge in [-0.1, -0.05) is 15.9 Å². The molecule has 2 rings (SSSR count). The highest BCUT2D eigenvalue weighted by molar-refractivity contribution is 9.10. The van der Waals surface area contributed by atoms with E-state index >= 15 is 0 Å². The van der Waals surface area contributed by atoms with Gasteiger partial charge in [0.15, 0.2) is 0 Å². The van der Waals surface area contributed by atoms with E-state index in [1.54, 1.807) is 0 Å².